The second-order valence-electron chi connectivity index (χ2n) is 5.92. The maximum atomic E-state index is 6.46. The highest BCUT2D eigenvalue weighted by atomic mass is 35.5. The van der Waals surface area contributed by atoms with Crippen LogP contribution in [-0.2, 0) is 0 Å². The summed E-state index contributed by atoms with van der Waals surface area (Å²) in [5.41, 5.74) is 2.83. The van der Waals surface area contributed by atoms with E-state index in [1.54, 1.807) is 0 Å². The molecule has 132 valence electrons. The topological polar surface area (TPSA) is 42.8 Å². The highest BCUT2D eigenvalue weighted by molar-refractivity contribution is 6.33. The van der Waals surface area contributed by atoms with Crippen LogP contribution in [0.2, 0.25) is 5.02 Å². The van der Waals surface area contributed by atoms with E-state index in [-0.39, 0.29) is 0 Å². The van der Waals surface area contributed by atoms with Crippen molar-refractivity contribution >= 4 is 39.6 Å². The highest BCUT2D eigenvalue weighted by Crippen LogP contribution is 2.40. The van der Waals surface area contributed by atoms with Crippen molar-refractivity contribution in [2.24, 2.45) is 4.99 Å². The van der Waals surface area contributed by atoms with Crippen LogP contribution in [0.25, 0.3) is 10.8 Å². The molecule has 4 nitrogen and oxygen atoms in total. The smallest absolute Gasteiger partial charge is 0.179 e. The molecular formula is C21H19ClN2O2. The lowest BCUT2D eigenvalue weighted by atomic mass is 10.0. The van der Waals surface area contributed by atoms with E-state index in [2.05, 4.69) is 23.5 Å². The molecule has 0 aromatic heterocycles. The number of aliphatic imine (C=N–C) groups is 1. The van der Waals surface area contributed by atoms with Gasteiger partial charge >= 0.3 is 0 Å². The van der Waals surface area contributed by atoms with E-state index in [1.807, 2.05) is 44.2 Å². The SMILES string of the molecule is CCOc1cc(C2=Nc3cccc4cccc(c34)N2)cc(Cl)c1OCC. The first-order valence-electron chi connectivity index (χ1n) is 8.68. The Kier molecular flexibility index (Phi) is 4.43. The third-order valence-electron chi connectivity index (χ3n) is 4.24. The summed E-state index contributed by atoms with van der Waals surface area (Å²) in [7, 11) is 0. The van der Waals surface area contributed by atoms with Crippen molar-refractivity contribution in [3.05, 3.63) is 59.1 Å². The zero-order chi connectivity index (χ0) is 18.1. The van der Waals surface area contributed by atoms with Crippen LogP contribution in [0.15, 0.2) is 53.5 Å². The van der Waals surface area contributed by atoms with Gasteiger partial charge in [-0.15, -0.1) is 0 Å². The molecule has 0 radical (unpaired) electrons. The molecule has 4 rings (SSSR count). The van der Waals surface area contributed by atoms with Crippen LogP contribution in [0.3, 0.4) is 0 Å². The van der Waals surface area contributed by atoms with Crippen LogP contribution in [-0.4, -0.2) is 19.0 Å². The van der Waals surface area contributed by atoms with Crippen molar-refractivity contribution in [1.82, 2.24) is 0 Å². The van der Waals surface area contributed by atoms with Gasteiger partial charge in [0.1, 0.15) is 5.84 Å². The fourth-order valence-corrected chi connectivity index (χ4v) is 3.45. The van der Waals surface area contributed by atoms with Crippen molar-refractivity contribution in [1.29, 1.82) is 0 Å². The molecule has 0 fully saturated rings. The number of nitrogens with zero attached hydrogens (tertiary/aromatic N) is 1. The van der Waals surface area contributed by atoms with Gasteiger partial charge in [0.15, 0.2) is 11.5 Å². The summed E-state index contributed by atoms with van der Waals surface area (Å²) >= 11 is 6.46. The van der Waals surface area contributed by atoms with Gasteiger partial charge in [0.05, 0.1) is 23.9 Å². The number of amidine groups is 1. The largest absolute Gasteiger partial charge is 0.490 e. The van der Waals surface area contributed by atoms with E-state index in [4.69, 9.17) is 26.1 Å². The number of nitrogens with one attached hydrogen (secondary N) is 1. The number of benzene rings is 3. The number of ether oxygens (including phenoxy) is 2. The van der Waals surface area contributed by atoms with Crippen molar-refractivity contribution in [2.75, 3.05) is 18.5 Å². The van der Waals surface area contributed by atoms with Gasteiger partial charge in [-0.1, -0.05) is 35.9 Å². The third-order valence-corrected chi connectivity index (χ3v) is 4.52. The van der Waals surface area contributed by atoms with Gasteiger partial charge in [-0.25, -0.2) is 4.99 Å². The predicted octanol–water partition coefficient (Wildman–Crippen LogP) is 5.79. The molecular weight excluding hydrogens is 348 g/mol. The molecule has 1 aliphatic heterocycles. The van der Waals surface area contributed by atoms with Crippen LogP contribution in [0.1, 0.15) is 19.4 Å². The van der Waals surface area contributed by atoms with Gasteiger partial charge in [-0.3, -0.25) is 0 Å². The lowest BCUT2D eigenvalue weighted by Crippen LogP contribution is -2.16. The van der Waals surface area contributed by atoms with Crippen molar-refractivity contribution in [3.63, 3.8) is 0 Å². The molecule has 3 aromatic rings. The van der Waals surface area contributed by atoms with E-state index in [1.165, 1.54) is 0 Å². The maximum Gasteiger partial charge on any atom is 0.179 e. The van der Waals surface area contributed by atoms with E-state index < -0.39 is 0 Å². The molecule has 5 heteroatoms. The average Bonchev–Trinajstić information content (AvgIpc) is 2.65. The van der Waals surface area contributed by atoms with Crippen LogP contribution in [0, 0.1) is 0 Å². The first kappa shape index (κ1) is 16.7. The monoisotopic (exact) mass is 366 g/mol. The Balaban J connectivity index is 1.83. The summed E-state index contributed by atoms with van der Waals surface area (Å²) < 4.78 is 11.4. The molecule has 0 amide bonds. The second kappa shape index (κ2) is 6.89. The summed E-state index contributed by atoms with van der Waals surface area (Å²) in [5, 5.41) is 6.22. The number of rotatable bonds is 5. The van der Waals surface area contributed by atoms with Gasteiger partial charge in [0, 0.05) is 16.6 Å². The number of hydrogen-bond acceptors (Lipinski definition) is 4. The number of halogens is 1. The normalized spacial score (nSPS) is 12.5. The van der Waals surface area contributed by atoms with Crippen LogP contribution < -0.4 is 14.8 Å². The van der Waals surface area contributed by atoms with E-state index in [0.717, 1.165) is 33.5 Å². The first-order chi connectivity index (χ1) is 12.7. The van der Waals surface area contributed by atoms with Gasteiger partial charge in [0.2, 0.25) is 0 Å². The Labute approximate surface area is 157 Å². The van der Waals surface area contributed by atoms with Crippen LogP contribution in [0.5, 0.6) is 11.5 Å². The molecule has 0 aliphatic carbocycles. The predicted molar refractivity (Wildman–Crippen MR) is 108 cm³/mol. The lowest BCUT2D eigenvalue weighted by Gasteiger charge is -2.20. The fourth-order valence-electron chi connectivity index (χ4n) is 3.18. The minimum atomic E-state index is 0.509. The van der Waals surface area contributed by atoms with Crippen LogP contribution >= 0.6 is 11.6 Å². The minimum Gasteiger partial charge on any atom is -0.490 e. The minimum absolute atomic E-state index is 0.509. The van der Waals surface area contributed by atoms with Gasteiger partial charge < -0.3 is 14.8 Å². The van der Waals surface area contributed by atoms with E-state index in [0.29, 0.717) is 29.7 Å². The first-order valence-corrected chi connectivity index (χ1v) is 9.06. The third kappa shape index (κ3) is 2.86. The summed E-state index contributed by atoms with van der Waals surface area (Å²) in [5.74, 6) is 1.93. The maximum absolute atomic E-state index is 6.46. The standard InChI is InChI=1S/C21H19ClN2O2/c1-3-25-18-12-14(11-15(22)20(18)26-4-2)21-23-16-9-5-7-13-8-6-10-17(24-21)19(13)16/h5-12H,3-4H2,1-2H3,(H,23,24). The van der Waals surface area contributed by atoms with Crippen LogP contribution in [0.4, 0.5) is 11.4 Å². The molecule has 0 bridgehead atoms. The van der Waals surface area contributed by atoms with Crippen molar-refractivity contribution in [2.45, 2.75) is 13.8 Å². The molecule has 26 heavy (non-hydrogen) atoms. The molecule has 1 heterocycles. The molecule has 0 spiro atoms. The van der Waals surface area contributed by atoms with Gasteiger partial charge in [0.25, 0.3) is 0 Å². The quantitative estimate of drug-likeness (QED) is 0.621. The Morgan fingerprint density at radius 2 is 1.77 bits per heavy atom. The average molecular weight is 367 g/mol. The molecule has 0 saturated heterocycles. The summed E-state index contributed by atoms with van der Waals surface area (Å²) in [4.78, 5) is 4.80. The number of hydrogen-bond donors (Lipinski definition) is 1. The van der Waals surface area contributed by atoms with Gasteiger partial charge in [-0.05, 0) is 43.5 Å². The zero-order valence-electron chi connectivity index (χ0n) is 14.7. The summed E-state index contributed by atoms with van der Waals surface area (Å²) in [6.45, 7) is 4.91. The van der Waals surface area contributed by atoms with E-state index >= 15 is 0 Å². The zero-order valence-corrected chi connectivity index (χ0v) is 15.4. The molecule has 0 saturated carbocycles. The molecule has 0 unspecified atom stereocenters. The highest BCUT2D eigenvalue weighted by Gasteiger charge is 2.19. The molecule has 1 N–H and O–H groups in total. The van der Waals surface area contributed by atoms with Crippen molar-refractivity contribution < 1.29 is 9.47 Å². The Morgan fingerprint density at radius 3 is 2.54 bits per heavy atom. The number of anilines is 1. The van der Waals surface area contributed by atoms with E-state index in [9.17, 15) is 0 Å². The van der Waals surface area contributed by atoms with Crippen molar-refractivity contribution in [3.8, 4) is 11.5 Å². The molecule has 3 aromatic carbocycles. The Morgan fingerprint density at radius 1 is 1.00 bits per heavy atom. The molecule has 1 aliphatic rings. The van der Waals surface area contributed by atoms with Gasteiger partial charge in [-0.2, -0.15) is 0 Å². The fraction of sp³-hybridized carbons (Fsp3) is 0.190. The second-order valence-corrected chi connectivity index (χ2v) is 6.32. The Hall–Kier alpha value is -2.72. The lowest BCUT2D eigenvalue weighted by molar-refractivity contribution is 0.288. The molecule has 0 atom stereocenters. The summed E-state index contributed by atoms with van der Waals surface area (Å²) in [6, 6.07) is 16.1. The summed E-state index contributed by atoms with van der Waals surface area (Å²) in [6.07, 6.45) is 0. The Bertz CT molecular complexity index is 1010.